The first-order valence-electron chi connectivity index (χ1n) is 9.62. The molecule has 0 N–H and O–H groups in total. The van der Waals surface area contributed by atoms with Crippen LogP contribution in [0.1, 0.15) is 96.8 Å². The Morgan fingerprint density at radius 1 is 0.783 bits per heavy atom. The van der Waals surface area contributed by atoms with Gasteiger partial charge in [0.2, 0.25) is 0 Å². The number of ether oxygens (including phenoxy) is 1. The zero-order chi connectivity index (χ0) is 17.2. The van der Waals surface area contributed by atoms with Crippen molar-refractivity contribution < 1.29 is 13.7 Å². The molecular formula is C19H38O3S. The molecule has 138 valence electrons. The molecule has 0 aliphatic heterocycles. The second-order valence-electron chi connectivity index (χ2n) is 6.49. The van der Waals surface area contributed by atoms with Crippen molar-refractivity contribution in [1.29, 1.82) is 0 Å². The van der Waals surface area contributed by atoms with Crippen molar-refractivity contribution in [2.75, 3.05) is 18.6 Å². The Morgan fingerprint density at radius 3 is 1.65 bits per heavy atom. The molecule has 0 radical (unpaired) electrons. The van der Waals surface area contributed by atoms with Crippen LogP contribution in [0.25, 0.3) is 0 Å². The first kappa shape index (κ1) is 22.6. The SMILES string of the molecule is CCCCCCCCCCCCCCCC(=O)OCCS(C)=O. The molecule has 0 fully saturated rings. The summed E-state index contributed by atoms with van der Waals surface area (Å²) < 4.78 is 15.9. The molecule has 0 amide bonds. The van der Waals surface area contributed by atoms with Crippen molar-refractivity contribution in [3.8, 4) is 0 Å². The molecule has 0 spiro atoms. The number of esters is 1. The standard InChI is InChI=1S/C19H38O3S/c1-3-4-5-6-7-8-9-10-11-12-13-14-15-16-19(20)22-17-18-23(2)21/h3-18H2,1-2H3. The van der Waals surface area contributed by atoms with Crippen molar-refractivity contribution in [1.82, 2.24) is 0 Å². The zero-order valence-corrected chi connectivity index (χ0v) is 16.3. The Balaban J connectivity index is 3.12. The third-order valence-electron chi connectivity index (χ3n) is 4.12. The van der Waals surface area contributed by atoms with Crippen LogP contribution >= 0.6 is 0 Å². The molecule has 0 bridgehead atoms. The first-order chi connectivity index (χ1) is 11.2. The number of carbonyl (C=O) groups excluding carboxylic acids is 1. The van der Waals surface area contributed by atoms with Crippen molar-refractivity contribution in [3.63, 3.8) is 0 Å². The van der Waals surface area contributed by atoms with Gasteiger partial charge in [0.1, 0.15) is 6.61 Å². The summed E-state index contributed by atoms with van der Waals surface area (Å²) in [4.78, 5) is 11.4. The fraction of sp³-hybridized carbons (Fsp3) is 0.947. The highest BCUT2D eigenvalue weighted by atomic mass is 32.2. The largest absolute Gasteiger partial charge is 0.465 e. The van der Waals surface area contributed by atoms with Crippen LogP contribution in [0.4, 0.5) is 0 Å². The van der Waals surface area contributed by atoms with Gasteiger partial charge in [0.05, 0.1) is 5.75 Å². The van der Waals surface area contributed by atoms with Gasteiger partial charge in [-0.15, -0.1) is 0 Å². The summed E-state index contributed by atoms with van der Waals surface area (Å²) in [6, 6.07) is 0. The van der Waals surface area contributed by atoms with Gasteiger partial charge in [-0.2, -0.15) is 0 Å². The second-order valence-corrected chi connectivity index (χ2v) is 8.05. The van der Waals surface area contributed by atoms with Gasteiger partial charge >= 0.3 is 5.97 Å². The van der Waals surface area contributed by atoms with Crippen molar-refractivity contribution >= 4 is 16.8 Å². The number of unbranched alkanes of at least 4 members (excludes halogenated alkanes) is 12. The molecule has 0 rings (SSSR count). The summed E-state index contributed by atoms with van der Waals surface area (Å²) in [5.41, 5.74) is 0. The van der Waals surface area contributed by atoms with E-state index in [2.05, 4.69) is 6.92 Å². The van der Waals surface area contributed by atoms with E-state index < -0.39 is 10.8 Å². The maximum absolute atomic E-state index is 11.4. The minimum atomic E-state index is -0.876. The van der Waals surface area contributed by atoms with E-state index in [0.29, 0.717) is 18.8 Å². The molecule has 0 saturated carbocycles. The average molecular weight is 347 g/mol. The van der Waals surface area contributed by atoms with Gasteiger partial charge < -0.3 is 4.74 Å². The lowest BCUT2D eigenvalue weighted by molar-refractivity contribution is -0.143. The lowest BCUT2D eigenvalue weighted by atomic mass is 10.0. The number of hydrogen-bond donors (Lipinski definition) is 0. The zero-order valence-electron chi connectivity index (χ0n) is 15.4. The molecule has 0 aliphatic carbocycles. The van der Waals surface area contributed by atoms with Gasteiger partial charge in [-0.1, -0.05) is 84.0 Å². The van der Waals surface area contributed by atoms with E-state index in [1.54, 1.807) is 6.26 Å². The molecule has 3 nitrogen and oxygen atoms in total. The van der Waals surface area contributed by atoms with E-state index in [1.807, 2.05) is 0 Å². The third kappa shape index (κ3) is 19.6. The van der Waals surface area contributed by atoms with Crippen molar-refractivity contribution in [3.05, 3.63) is 0 Å². The van der Waals surface area contributed by atoms with Crippen LogP contribution in [0.15, 0.2) is 0 Å². The van der Waals surface area contributed by atoms with Crippen molar-refractivity contribution in [2.45, 2.75) is 96.8 Å². The maximum atomic E-state index is 11.4. The monoisotopic (exact) mass is 346 g/mol. The molecule has 0 aromatic heterocycles. The predicted octanol–water partition coefficient (Wildman–Crippen LogP) is 5.39. The van der Waals surface area contributed by atoms with Crippen LogP contribution in [-0.4, -0.2) is 28.8 Å². The number of hydrogen-bond acceptors (Lipinski definition) is 3. The van der Waals surface area contributed by atoms with E-state index >= 15 is 0 Å². The van der Waals surface area contributed by atoms with Crippen LogP contribution in [0.3, 0.4) is 0 Å². The number of rotatable bonds is 17. The average Bonchev–Trinajstić information content (AvgIpc) is 2.51. The smallest absolute Gasteiger partial charge is 0.305 e. The number of carbonyl (C=O) groups is 1. The Kier molecular flexibility index (Phi) is 17.7. The van der Waals surface area contributed by atoms with Crippen LogP contribution in [0.5, 0.6) is 0 Å². The summed E-state index contributed by atoms with van der Waals surface area (Å²) in [5, 5.41) is 0. The van der Waals surface area contributed by atoms with Gasteiger partial charge in [0, 0.05) is 23.5 Å². The molecule has 4 heteroatoms. The highest BCUT2D eigenvalue weighted by Gasteiger charge is 2.03. The Bertz CT molecular complexity index is 292. The van der Waals surface area contributed by atoms with Crippen LogP contribution in [0.2, 0.25) is 0 Å². The van der Waals surface area contributed by atoms with E-state index in [9.17, 15) is 9.00 Å². The van der Waals surface area contributed by atoms with Crippen LogP contribution < -0.4 is 0 Å². The lowest BCUT2D eigenvalue weighted by Gasteiger charge is -2.04. The van der Waals surface area contributed by atoms with Crippen LogP contribution in [0, 0.1) is 0 Å². The summed E-state index contributed by atoms with van der Waals surface area (Å²) in [6.45, 7) is 2.55. The highest BCUT2D eigenvalue weighted by molar-refractivity contribution is 7.84. The van der Waals surface area contributed by atoms with Crippen LogP contribution in [-0.2, 0) is 20.3 Å². The topological polar surface area (TPSA) is 43.4 Å². The van der Waals surface area contributed by atoms with E-state index in [-0.39, 0.29) is 5.97 Å². The van der Waals surface area contributed by atoms with E-state index in [0.717, 1.165) is 12.8 Å². The van der Waals surface area contributed by atoms with Gasteiger partial charge in [0.25, 0.3) is 0 Å². The summed E-state index contributed by atoms with van der Waals surface area (Å²) in [7, 11) is -0.876. The lowest BCUT2D eigenvalue weighted by Crippen LogP contribution is -2.10. The second kappa shape index (κ2) is 18.0. The Morgan fingerprint density at radius 2 is 1.22 bits per heavy atom. The molecule has 1 atom stereocenters. The fourth-order valence-corrected chi connectivity index (χ4v) is 2.95. The van der Waals surface area contributed by atoms with E-state index in [1.165, 1.54) is 70.6 Å². The van der Waals surface area contributed by atoms with Gasteiger partial charge in [-0.25, -0.2) is 0 Å². The molecule has 0 saturated heterocycles. The maximum Gasteiger partial charge on any atom is 0.305 e. The molecule has 23 heavy (non-hydrogen) atoms. The summed E-state index contributed by atoms with van der Waals surface area (Å²) in [5.74, 6) is 0.308. The summed E-state index contributed by atoms with van der Waals surface area (Å²) >= 11 is 0. The Hall–Kier alpha value is -0.380. The third-order valence-corrected chi connectivity index (χ3v) is 4.86. The predicted molar refractivity (Wildman–Crippen MR) is 100 cm³/mol. The van der Waals surface area contributed by atoms with Gasteiger partial charge in [0.15, 0.2) is 0 Å². The minimum Gasteiger partial charge on any atom is -0.465 e. The van der Waals surface area contributed by atoms with E-state index in [4.69, 9.17) is 4.74 Å². The molecule has 0 aromatic rings. The summed E-state index contributed by atoms with van der Waals surface area (Å²) in [6.07, 6.45) is 19.1. The molecule has 1 unspecified atom stereocenters. The highest BCUT2D eigenvalue weighted by Crippen LogP contribution is 2.13. The minimum absolute atomic E-state index is 0.140. The van der Waals surface area contributed by atoms with Gasteiger partial charge in [-0.05, 0) is 6.42 Å². The quantitative estimate of drug-likeness (QED) is 0.262. The first-order valence-corrected chi connectivity index (χ1v) is 11.3. The van der Waals surface area contributed by atoms with Gasteiger partial charge in [-0.3, -0.25) is 9.00 Å². The Labute approximate surface area is 146 Å². The normalized spacial score (nSPS) is 12.3. The molecule has 0 aromatic carbocycles. The fourth-order valence-electron chi connectivity index (χ4n) is 2.63. The van der Waals surface area contributed by atoms with Crippen molar-refractivity contribution in [2.24, 2.45) is 0 Å². The molecule has 0 aliphatic rings. The molecular weight excluding hydrogens is 308 g/mol. The molecule has 0 heterocycles.